The Morgan fingerprint density at radius 2 is 1.72 bits per heavy atom. The zero-order valence-corrected chi connectivity index (χ0v) is 20.7. The van der Waals surface area contributed by atoms with Crippen LogP contribution in [0, 0.1) is 0 Å². The van der Waals surface area contributed by atoms with E-state index in [4.69, 9.17) is 19.3 Å². The Bertz CT molecular complexity index is 1050. The third-order valence-electron chi connectivity index (χ3n) is 5.81. The van der Waals surface area contributed by atoms with E-state index in [2.05, 4.69) is 5.32 Å². The molecule has 0 saturated carbocycles. The largest absolute Gasteiger partial charge is 0.481 e. The second-order valence-corrected chi connectivity index (χ2v) is 9.06. The van der Waals surface area contributed by atoms with E-state index in [0.717, 1.165) is 22.3 Å². The molecule has 0 bridgehead atoms. The number of benzene rings is 2. The Kier molecular flexibility index (Phi) is 9.58. The Morgan fingerprint density at radius 1 is 1.00 bits per heavy atom. The predicted octanol–water partition coefficient (Wildman–Crippen LogP) is 3.34. The Balaban J connectivity index is 1.81. The van der Waals surface area contributed by atoms with Crippen LogP contribution in [0.3, 0.4) is 0 Å². The van der Waals surface area contributed by atoms with Crippen molar-refractivity contribution in [1.29, 1.82) is 0 Å². The van der Waals surface area contributed by atoms with Crippen molar-refractivity contribution in [2.24, 2.45) is 0 Å². The third-order valence-corrected chi connectivity index (χ3v) is 5.81. The topological polar surface area (TPSA) is 131 Å². The number of carboxylic acid groups (broad SMARTS) is 1. The highest BCUT2D eigenvalue weighted by molar-refractivity contribution is 5.82. The number of carbonyl (C=O) groups excluding carboxylic acids is 2. The van der Waals surface area contributed by atoms with E-state index in [1.54, 1.807) is 13.8 Å². The molecule has 9 nitrogen and oxygen atoms in total. The van der Waals surface area contributed by atoms with Gasteiger partial charge in [-0.2, -0.15) is 0 Å². The highest BCUT2D eigenvalue weighted by Crippen LogP contribution is 2.36. The molecular formula is C27H33NO8. The van der Waals surface area contributed by atoms with Crippen molar-refractivity contribution in [3.05, 3.63) is 59.7 Å². The maximum absolute atomic E-state index is 13.3. The van der Waals surface area contributed by atoms with Gasteiger partial charge in [0.25, 0.3) is 6.48 Å². The first-order valence-electron chi connectivity index (χ1n) is 12.0. The maximum Gasteiger partial charge on any atom is 0.315 e. The van der Waals surface area contributed by atoms with E-state index in [1.807, 2.05) is 48.5 Å². The summed E-state index contributed by atoms with van der Waals surface area (Å²) in [6.45, 7) is 3.41. The van der Waals surface area contributed by atoms with E-state index in [-0.39, 0.29) is 37.3 Å². The molecular weight excluding hydrogens is 466 g/mol. The molecule has 1 aliphatic carbocycles. The minimum Gasteiger partial charge on any atom is -0.481 e. The van der Waals surface area contributed by atoms with Crippen LogP contribution in [0.1, 0.15) is 57.1 Å². The first-order valence-corrected chi connectivity index (χ1v) is 12.0. The van der Waals surface area contributed by atoms with Crippen LogP contribution in [0.2, 0.25) is 0 Å². The third kappa shape index (κ3) is 7.87. The molecule has 0 fully saturated rings. The van der Waals surface area contributed by atoms with E-state index in [9.17, 15) is 19.5 Å². The second-order valence-electron chi connectivity index (χ2n) is 9.06. The number of rotatable bonds is 11. The van der Waals surface area contributed by atoms with Crippen LogP contribution in [0.15, 0.2) is 48.5 Å². The van der Waals surface area contributed by atoms with Crippen LogP contribution in [0.25, 0.3) is 11.1 Å². The molecule has 3 N–H and O–H groups in total. The van der Waals surface area contributed by atoms with Crippen LogP contribution in [-0.4, -0.2) is 53.0 Å². The normalized spacial score (nSPS) is 18.7. The molecule has 36 heavy (non-hydrogen) atoms. The number of aliphatic hydroxyl groups is 1. The highest BCUT2D eigenvalue weighted by atomic mass is 16.8. The lowest BCUT2D eigenvalue weighted by Gasteiger charge is -2.32. The molecule has 2 aromatic rings. The Hall–Kier alpha value is -3.27. The Labute approximate surface area is 210 Å². The van der Waals surface area contributed by atoms with Crippen molar-refractivity contribution in [3.63, 3.8) is 0 Å². The second kappa shape index (κ2) is 12.6. The van der Waals surface area contributed by atoms with Crippen molar-refractivity contribution >= 4 is 17.8 Å². The number of amides is 1. The average Bonchev–Trinajstić information content (AvgIpc) is 2.81. The molecule has 1 aliphatic rings. The van der Waals surface area contributed by atoms with Gasteiger partial charge in [0.05, 0.1) is 18.4 Å². The number of fused-ring (bicyclic) bond motifs is 1. The van der Waals surface area contributed by atoms with Gasteiger partial charge in [0.2, 0.25) is 12.2 Å². The van der Waals surface area contributed by atoms with Crippen molar-refractivity contribution in [2.75, 3.05) is 0 Å². The number of carboxylic acids is 1. The summed E-state index contributed by atoms with van der Waals surface area (Å²) in [4.78, 5) is 36.3. The van der Waals surface area contributed by atoms with Crippen molar-refractivity contribution < 1.29 is 38.8 Å². The van der Waals surface area contributed by atoms with Gasteiger partial charge in [0.15, 0.2) is 0 Å². The molecule has 0 aliphatic heterocycles. The monoisotopic (exact) mass is 499 g/mol. The van der Waals surface area contributed by atoms with E-state index < -0.39 is 30.6 Å². The number of esters is 1. The first-order chi connectivity index (χ1) is 17.1. The van der Waals surface area contributed by atoms with Gasteiger partial charge >= 0.3 is 11.9 Å². The SMILES string of the molecule is CC(C)OC(O)OC(C)OC(=O)[C@H]1C[C@H](NC(=O)CCC(=O)O)Cc2ccc(-c3ccccc3)cc21. The smallest absolute Gasteiger partial charge is 0.315 e. The molecule has 2 aromatic carbocycles. The average molecular weight is 500 g/mol. The summed E-state index contributed by atoms with van der Waals surface area (Å²) in [6, 6.07) is 15.3. The molecule has 0 spiro atoms. The zero-order valence-electron chi connectivity index (χ0n) is 20.7. The summed E-state index contributed by atoms with van der Waals surface area (Å²) < 4.78 is 15.8. The van der Waals surface area contributed by atoms with Crippen LogP contribution < -0.4 is 5.32 Å². The molecule has 3 rings (SSSR count). The fraction of sp³-hybridized carbons (Fsp3) is 0.444. The molecule has 9 heteroatoms. The number of hydrogen-bond donors (Lipinski definition) is 3. The van der Waals surface area contributed by atoms with Gasteiger partial charge in [0, 0.05) is 12.5 Å². The lowest BCUT2D eigenvalue weighted by Crippen LogP contribution is -2.42. The summed E-state index contributed by atoms with van der Waals surface area (Å²) in [5.74, 6) is -2.69. The minimum atomic E-state index is -1.54. The van der Waals surface area contributed by atoms with Gasteiger partial charge in [0.1, 0.15) is 0 Å². The van der Waals surface area contributed by atoms with Gasteiger partial charge in [-0.1, -0.05) is 48.5 Å². The van der Waals surface area contributed by atoms with Crippen LogP contribution >= 0.6 is 0 Å². The lowest BCUT2D eigenvalue weighted by molar-refractivity contribution is -0.323. The van der Waals surface area contributed by atoms with E-state index in [0.29, 0.717) is 6.42 Å². The summed E-state index contributed by atoms with van der Waals surface area (Å²) in [7, 11) is 0. The summed E-state index contributed by atoms with van der Waals surface area (Å²) >= 11 is 0. The van der Waals surface area contributed by atoms with Crippen LogP contribution in [-0.2, 0) is 35.0 Å². The van der Waals surface area contributed by atoms with Crippen molar-refractivity contribution in [1.82, 2.24) is 5.32 Å². The van der Waals surface area contributed by atoms with E-state index >= 15 is 0 Å². The minimum absolute atomic E-state index is 0.140. The molecule has 194 valence electrons. The van der Waals surface area contributed by atoms with Crippen LogP contribution in [0.4, 0.5) is 0 Å². The molecule has 4 atom stereocenters. The zero-order chi connectivity index (χ0) is 26.2. The lowest BCUT2D eigenvalue weighted by atomic mass is 9.78. The molecule has 1 amide bonds. The van der Waals surface area contributed by atoms with Crippen LogP contribution in [0.5, 0.6) is 0 Å². The molecule has 0 radical (unpaired) electrons. The fourth-order valence-corrected chi connectivity index (χ4v) is 4.23. The van der Waals surface area contributed by atoms with Gasteiger partial charge in [-0.25, -0.2) is 0 Å². The number of aliphatic carboxylic acids is 1. The Morgan fingerprint density at radius 3 is 2.39 bits per heavy atom. The van der Waals surface area contributed by atoms with Gasteiger partial charge in [-0.15, -0.1) is 0 Å². The number of aliphatic hydroxyl groups excluding tert-OH is 1. The van der Waals surface area contributed by atoms with Crippen molar-refractivity contribution in [3.8, 4) is 11.1 Å². The summed E-state index contributed by atoms with van der Waals surface area (Å²) in [5, 5.41) is 21.5. The van der Waals surface area contributed by atoms with Crippen molar-refractivity contribution in [2.45, 2.75) is 77.3 Å². The number of hydrogen-bond acceptors (Lipinski definition) is 7. The fourth-order valence-electron chi connectivity index (χ4n) is 4.23. The molecule has 0 heterocycles. The first kappa shape index (κ1) is 27.3. The van der Waals surface area contributed by atoms with E-state index in [1.165, 1.54) is 6.92 Å². The quantitative estimate of drug-likeness (QED) is 0.317. The molecule has 2 unspecified atom stereocenters. The molecule has 0 aromatic heterocycles. The number of nitrogens with one attached hydrogen (secondary N) is 1. The number of carbonyl (C=O) groups is 3. The standard InChI is InChI=1S/C27H33NO8/c1-16(2)34-27(33)36-17(3)35-26(32)23-15-21(28-24(29)11-12-25(30)31)13-20-10-9-19(14-22(20)23)18-7-5-4-6-8-18/h4-10,14,16-17,21,23,27,33H,11-13,15H2,1-3H3,(H,28,29)(H,30,31)/t17?,21-,23+,27?/m1/s1. The summed E-state index contributed by atoms with van der Waals surface area (Å²) in [5.41, 5.74) is 3.63. The number of ether oxygens (including phenoxy) is 3. The summed E-state index contributed by atoms with van der Waals surface area (Å²) in [6.07, 6.45) is -0.982. The highest BCUT2D eigenvalue weighted by Gasteiger charge is 2.35. The van der Waals surface area contributed by atoms with Gasteiger partial charge in [-0.05, 0) is 55.9 Å². The van der Waals surface area contributed by atoms with Gasteiger partial charge < -0.3 is 25.0 Å². The molecule has 0 saturated heterocycles. The van der Waals surface area contributed by atoms with Gasteiger partial charge in [-0.3, -0.25) is 19.1 Å². The maximum atomic E-state index is 13.3. The predicted molar refractivity (Wildman–Crippen MR) is 131 cm³/mol.